The Balaban J connectivity index is 1.78. The Kier molecular flexibility index (Phi) is 7.44. The third-order valence-electron chi connectivity index (χ3n) is 4.10. The summed E-state index contributed by atoms with van der Waals surface area (Å²) in [6.45, 7) is 1.24. The number of methoxy groups -OCH3 is 1. The number of para-hydroxylation sites is 1. The summed E-state index contributed by atoms with van der Waals surface area (Å²) in [6.07, 6.45) is 3.43. The maximum Gasteiger partial charge on any atom is 0.322 e. The summed E-state index contributed by atoms with van der Waals surface area (Å²) >= 11 is 6.15. The lowest BCUT2D eigenvalue weighted by atomic mass is 10.2. The smallest absolute Gasteiger partial charge is 0.322 e. The number of ether oxygens (including phenoxy) is 2. The third kappa shape index (κ3) is 6.20. The zero-order valence-corrected chi connectivity index (χ0v) is 16.8. The number of hydrogen-bond donors (Lipinski definition) is 1. The van der Waals surface area contributed by atoms with Gasteiger partial charge in [-0.25, -0.2) is 4.79 Å². The number of aromatic nitrogens is 1. The van der Waals surface area contributed by atoms with Crippen LogP contribution in [0.4, 0.5) is 10.5 Å². The number of nitrogens with zero attached hydrogens (tertiary/aromatic N) is 2. The number of benzene rings is 2. The van der Waals surface area contributed by atoms with Gasteiger partial charge in [-0.3, -0.25) is 4.98 Å². The first-order valence-corrected chi connectivity index (χ1v) is 9.49. The van der Waals surface area contributed by atoms with Gasteiger partial charge in [-0.15, -0.1) is 0 Å². The number of carbonyl (C=O) groups is 1. The van der Waals surface area contributed by atoms with Gasteiger partial charge in [-0.2, -0.15) is 0 Å². The molecule has 0 bridgehead atoms. The van der Waals surface area contributed by atoms with Crippen LogP contribution < -0.4 is 10.1 Å². The number of carbonyl (C=O) groups excluding carboxylic acids is 1. The number of nitrogens with one attached hydrogen (secondary N) is 1. The molecule has 0 atom stereocenters. The molecule has 0 aliphatic rings. The van der Waals surface area contributed by atoms with Gasteiger partial charge in [0.2, 0.25) is 0 Å². The molecule has 2 amide bonds. The molecule has 1 heterocycles. The van der Waals surface area contributed by atoms with Crippen LogP contribution in [0.25, 0.3) is 0 Å². The quantitative estimate of drug-likeness (QED) is 0.552. The van der Waals surface area contributed by atoms with Crippen molar-refractivity contribution in [2.45, 2.75) is 6.54 Å². The minimum atomic E-state index is -0.286. The normalized spacial score (nSPS) is 10.4. The van der Waals surface area contributed by atoms with E-state index in [9.17, 15) is 4.79 Å². The fourth-order valence-electron chi connectivity index (χ4n) is 2.66. The minimum absolute atomic E-state index is 0.286. The van der Waals surface area contributed by atoms with Gasteiger partial charge in [-0.05, 0) is 42.0 Å². The van der Waals surface area contributed by atoms with E-state index in [0.717, 1.165) is 5.56 Å². The minimum Gasteiger partial charge on any atom is -0.455 e. The Labute approximate surface area is 175 Å². The van der Waals surface area contributed by atoms with E-state index in [1.165, 1.54) is 0 Å². The monoisotopic (exact) mass is 411 g/mol. The first kappa shape index (κ1) is 20.6. The van der Waals surface area contributed by atoms with Crippen molar-refractivity contribution in [1.82, 2.24) is 9.88 Å². The third-order valence-corrected chi connectivity index (χ3v) is 4.34. The number of hydrogen-bond acceptors (Lipinski definition) is 4. The molecule has 0 aliphatic carbocycles. The van der Waals surface area contributed by atoms with Crippen molar-refractivity contribution in [1.29, 1.82) is 0 Å². The molecule has 7 heteroatoms. The van der Waals surface area contributed by atoms with E-state index in [4.69, 9.17) is 21.1 Å². The zero-order valence-electron chi connectivity index (χ0n) is 16.0. The number of pyridine rings is 1. The first-order chi connectivity index (χ1) is 14.2. The Bertz CT molecular complexity index is 923. The van der Waals surface area contributed by atoms with Crippen LogP contribution in [0, 0.1) is 0 Å². The van der Waals surface area contributed by atoms with Gasteiger partial charge < -0.3 is 19.7 Å². The maximum absolute atomic E-state index is 13.0. The molecular weight excluding hydrogens is 390 g/mol. The van der Waals surface area contributed by atoms with E-state index in [1.807, 2.05) is 42.5 Å². The van der Waals surface area contributed by atoms with Gasteiger partial charge in [0.05, 0.1) is 12.3 Å². The summed E-state index contributed by atoms with van der Waals surface area (Å²) in [5.41, 5.74) is 1.41. The Hall–Kier alpha value is -3.09. The highest BCUT2D eigenvalue weighted by molar-refractivity contribution is 6.31. The van der Waals surface area contributed by atoms with E-state index in [1.54, 1.807) is 42.6 Å². The molecule has 0 radical (unpaired) electrons. The maximum atomic E-state index is 13.0. The lowest BCUT2D eigenvalue weighted by molar-refractivity contribution is 0.152. The molecule has 150 valence electrons. The second-order valence-electron chi connectivity index (χ2n) is 6.26. The highest BCUT2D eigenvalue weighted by Gasteiger charge is 2.17. The average Bonchev–Trinajstić information content (AvgIpc) is 2.74. The largest absolute Gasteiger partial charge is 0.455 e. The van der Waals surface area contributed by atoms with Gasteiger partial charge >= 0.3 is 6.03 Å². The predicted molar refractivity (Wildman–Crippen MR) is 114 cm³/mol. The highest BCUT2D eigenvalue weighted by atomic mass is 35.5. The topological polar surface area (TPSA) is 63.7 Å². The molecule has 29 heavy (non-hydrogen) atoms. The number of rotatable bonds is 8. The molecule has 3 aromatic rings. The molecule has 0 fully saturated rings. The fourth-order valence-corrected chi connectivity index (χ4v) is 2.84. The molecule has 1 N–H and O–H groups in total. The van der Waals surface area contributed by atoms with Crippen molar-refractivity contribution >= 4 is 23.3 Å². The van der Waals surface area contributed by atoms with Crippen molar-refractivity contribution in [2.75, 3.05) is 25.6 Å². The summed E-state index contributed by atoms with van der Waals surface area (Å²) in [5.74, 6) is 1.17. The second-order valence-corrected chi connectivity index (χ2v) is 6.70. The molecular formula is C22H22ClN3O3. The molecule has 0 saturated carbocycles. The number of halogens is 1. The molecule has 0 unspecified atom stereocenters. The number of amides is 2. The molecule has 0 aliphatic heterocycles. The van der Waals surface area contributed by atoms with E-state index in [-0.39, 0.29) is 6.03 Å². The van der Waals surface area contributed by atoms with Crippen molar-refractivity contribution < 1.29 is 14.3 Å². The standard InChI is InChI=1S/C22H22ClN3O3/c1-28-13-12-26(16-17-6-5-11-24-15-17)22(27)25-20-14-18(23)9-10-21(20)29-19-7-3-2-4-8-19/h2-11,14-15H,12-13,16H2,1H3,(H,25,27). The van der Waals surface area contributed by atoms with Crippen molar-refractivity contribution in [3.05, 3.63) is 83.6 Å². The molecule has 1 aromatic heterocycles. The summed E-state index contributed by atoms with van der Waals surface area (Å²) in [4.78, 5) is 18.7. The van der Waals surface area contributed by atoms with Crippen molar-refractivity contribution in [3.8, 4) is 11.5 Å². The van der Waals surface area contributed by atoms with Crippen LogP contribution in [0.2, 0.25) is 5.02 Å². The first-order valence-electron chi connectivity index (χ1n) is 9.12. The van der Waals surface area contributed by atoms with E-state index in [0.29, 0.717) is 41.9 Å². The molecule has 3 rings (SSSR count). The zero-order chi connectivity index (χ0) is 20.5. The fraction of sp³-hybridized carbons (Fsp3) is 0.182. The second kappa shape index (κ2) is 10.5. The van der Waals surface area contributed by atoms with Gasteiger partial charge in [0.1, 0.15) is 5.75 Å². The lowest BCUT2D eigenvalue weighted by Gasteiger charge is -2.23. The van der Waals surface area contributed by atoms with Crippen molar-refractivity contribution in [2.24, 2.45) is 0 Å². The van der Waals surface area contributed by atoms with Crippen LogP contribution in [0.5, 0.6) is 11.5 Å². The summed E-state index contributed by atoms with van der Waals surface area (Å²) < 4.78 is 11.1. The van der Waals surface area contributed by atoms with Gasteiger partial charge in [0, 0.05) is 37.6 Å². The van der Waals surface area contributed by atoms with Gasteiger partial charge in [0.25, 0.3) is 0 Å². The number of anilines is 1. The molecule has 2 aromatic carbocycles. The predicted octanol–water partition coefficient (Wildman–Crippen LogP) is 5.21. The van der Waals surface area contributed by atoms with E-state index in [2.05, 4.69) is 10.3 Å². The van der Waals surface area contributed by atoms with E-state index < -0.39 is 0 Å². The molecule has 0 spiro atoms. The van der Waals surface area contributed by atoms with Crippen LogP contribution in [0.15, 0.2) is 73.1 Å². The molecule has 0 saturated heterocycles. The lowest BCUT2D eigenvalue weighted by Crippen LogP contribution is -2.37. The van der Waals surface area contributed by atoms with Crippen molar-refractivity contribution in [3.63, 3.8) is 0 Å². The summed E-state index contributed by atoms with van der Waals surface area (Å²) in [5, 5.41) is 3.40. The van der Waals surface area contributed by atoms with Crippen LogP contribution >= 0.6 is 11.6 Å². The van der Waals surface area contributed by atoms with Gasteiger partial charge in [-0.1, -0.05) is 35.9 Å². The van der Waals surface area contributed by atoms with Gasteiger partial charge in [0.15, 0.2) is 5.75 Å². The average molecular weight is 412 g/mol. The Morgan fingerprint density at radius 3 is 2.69 bits per heavy atom. The number of urea groups is 1. The Morgan fingerprint density at radius 1 is 1.14 bits per heavy atom. The highest BCUT2D eigenvalue weighted by Crippen LogP contribution is 2.32. The SMILES string of the molecule is COCCN(Cc1cccnc1)C(=O)Nc1cc(Cl)ccc1Oc1ccccc1. The van der Waals surface area contributed by atoms with Crippen LogP contribution in [0.3, 0.4) is 0 Å². The van der Waals surface area contributed by atoms with Crippen LogP contribution in [-0.2, 0) is 11.3 Å². The Morgan fingerprint density at radius 2 is 1.97 bits per heavy atom. The van der Waals surface area contributed by atoms with Crippen LogP contribution in [-0.4, -0.2) is 36.2 Å². The van der Waals surface area contributed by atoms with E-state index >= 15 is 0 Å². The summed E-state index contributed by atoms with van der Waals surface area (Å²) in [6, 6.07) is 17.9. The van der Waals surface area contributed by atoms with Crippen LogP contribution in [0.1, 0.15) is 5.56 Å². The molecule has 6 nitrogen and oxygen atoms in total. The summed E-state index contributed by atoms with van der Waals surface area (Å²) in [7, 11) is 1.60.